The number of anilines is 1. The maximum Gasteiger partial charge on any atom is 0.240 e. The zero-order valence-corrected chi connectivity index (χ0v) is 11.8. The van der Waals surface area contributed by atoms with E-state index in [1.54, 1.807) is 6.92 Å². The van der Waals surface area contributed by atoms with E-state index < -0.39 is 20.0 Å². The topological polar surface area (TPSA) is 92.3 Å². The van der Waals surface area contributed by atoms with Crippen LogP contribution in [0.25, 0.3) is 0 Å². The number of benzene rings is 1. The van der Waals surface area contributed by atoms with Crippen molar-refractivity contribution in [3.05, 3.63) is 24.3 Å². The molecule has 0 aliphatic rings. The Morgan fingerprint density at radius 1 is 1.06 bits per heavy atom. The zero-order chi connectivity index (χ0) is 13.8. The van der Waals surface area contributed by atoms with Gasteiger partial charge in [0.05, 0.1) is 10.6 Å². The summed E-state index contributed by atoms with van der Waals surface area (Å²) in [6, 6.07) is 5.51. The van der Waals surface area contributed by atoms with E-state index in [4.69, 9.17) is 0 Å². The van der Waals surface area contributed by atoms with Gasteiger partial charge in [-0.25, -0.2) is 21.6 Å². The molecule has 0 saturated carbocycles. The minimum Gasteiger partial charge on any atom is -0.284 e. The molecular formula is C10H16N2O4S2. The quantitative estimate of drug-likeness (QED) is 0.809. The number of nitrogens with one attached hydrogen (secondary N) is 2. The molecule has 0 aliphatic heterocycles. The van der Waals surface area contributed by atoms with Crippen molar-refractivity contribution >= 4 is 25.7 Å². The van der Waals surface area contributed by atoms with Crippen molar-refractivity contribution < 1.29 is 16.8 Å². The molecule has 1 aromatic carbocycles. The molecule has 18 heavy (non-hydrogen) atoms. The molecule has 0 spiro atoms. The van der Waals surface area contributed by atoms with E-state index in [0.29, 0.717) is 12.1 Å². The molecule has 6 nitrogen and oxygen atoms in total. The normalized spacial score (nSPS) is 12.3. The summed E-state index contributed by atoms with van der Waals surface area (Å²) in [6.07, 6.45) is 0.515. The van der Waals surface area contributed by atoms with Crippen LogP contribution in [0.15, 0.2) is 29.2 Å². The van der Waals surface area contributed by atoms with Gasteiger partial charge < -0.3 is 0 Å². The monoisotopic (exact) mass is 292 g/mol. The fourth-order valence-corrected chi connectivity index (χ4v) is 3.18. The molecule has 0 bridgehead atoms. The second-order valence-corrected chi connectivity index (χ2v) is 7.38. The second-order valence-electron chi connectivity index (χ2n) is 3.65. The van der Waals surface area contributed by atoms with Crippen molar-refractivity contribution in [2.75, 3.05) is 17.5 Å². The van der Waals surface area contributed by atoms with E-state index in [1.165, 1.54) is 31.3 Å². The highest BCUT2D eigenvalue weighted by Crippen LogP contribution is 2.15. The molecule has 0 atom stereocenters. The minimum absolute atomic E-state index is 0.0313. The Morgan fingerprint density at radius 2 is 1.61 bits per heavy atom. The van der Waals surface area contributed by atoms with Crippen molar-refractivity contribution in [3.8, 4) is 0 Å². The summed E-state index contributed by atoms with van der Waals surface area (Å²) in [4.78, 5) is 0.0865. The summed E-state index contributed by atoms with van der Waals surface area (Å²) in [5.41, 5.74) is 0.346. The Hall–Kier alpha value is -1.12. The lowest BCUT2D eigenvalue weighted by atomic mass is 10.3. The van der Waals surface area contributed by atoms with E-state index in [-0.39, 0.29) is 10.6 Å². The predicted molar refractivity (Wildman–Crippen MR) is 70.4 cm³/mol. The van der Waals surface area contributed by atoms with Gasteiger partial charge in [-0.2, -0.15) is 0 Å². The van der Waals surface area contributed by atoms with E-state index >= 15 is 0 Å². The maximum atomic E-state index is 11.5. The van der Waals surface area contributed by atoms with Crippen LogP contribution in [0.4, 0.5) is 5.69 Å². The zero-order valence-electron chi connectivity index (χ0n) is 10.2. The van der Waals surface area contributed by atoms with Crippen LogP contribution in [0, 0.1) is 0 Å². The summed E-state index contributed by atoms with van der Waals surface area (Å²) in [6.45, 7) is 1.77. The van der Waals surface area contributed by atoms with Gasteiger partial charge in [-0.1, -0.05) is 6.92 Å². The summed E-state index contributed by atoms with van der Waals surface area (Å²) < 4.78 is 50.4. The van der Waals surface area contributed by atoms with Crippen LogP contribution in [0.3, 0.4) is 0 Å². The van der Waals surface area contributed by atoms with Gasteiger partial charge in [0.2, 0.25) is 20.0 Å². The van der Waals surface area contributed by atoms with E-state index in [0.717, 1.165) is 0 Å². The van der Waals surface area contributed by atoms with Crippen molar-refractivity contribution in [2.24, 2.45) is 0 Å². The van der Waals surface area contributed by atoms with Gasteiger partial charge in [-0.3, -0.25) is 4.72 Å². The standard InChI is InChI=1S/C10H16N2O4S2/c1-3-8-17(13,14)12-9-4-6-10(7-5-9)18(15,16)11-2/h4-7,11-12H,3,8H2,1-2H3. The smallest absolute Gasteiger partial charge is 0.240 e. The first-order chi connectivity index (χ1) is 8.30. The van der Waals surface area contributed by atoms with Gasteiger partial charge in [0.1, 0.15) is 0 Å². The van der Waals surface area contributed by atoms with Crippen molar-refractivity contribution in [1.29, 1.82) is 0 Å². The minimum atomic E-state index is -3.50. The van der Waals surface area contributed by atoms with Gasteiger partial charge >= 0.3 is 0 Å². The van der Waals surface area contributed by atoms with Crippen molar-refractivity contribution in [2.45, 2.75) is 18.2 Å². The Labute approximate surface area is 108 Å². The lowest BCUT2D eigenvalue weighted by Gasteiger charge is -2.08. The molecule has 1 rings (SSSR count). The molecule has 0 saturated heterocycles. The Bertz CT molecular complexity index is 591. The van der Waals surface area contributed by atoms with E-state index in [9.17, 15) is 16.8 Å². The molecule has 1 aromatic rings. The fraction of sp³-hybridized carbons (Fsp3) is 0.400. The van der Waals surface area contributed by atoms with E-state index in [1.807, 2.05) is 0 Å². The highest BCUT2D eigenvalue weighted by molar-refractivity contribution is 7.92. The van der Waals surface area contributed by atoms with Crippen LogP contribution in [0.5, 0.6) is 0 Å². The molecule has 0 fully saturated rings. The van der Waals surface area contributed by atoms with Gasteiger partial charge in [0, 0.05) is 5.69 Å². The average molecular weight is 292 g/mol. The Kier molecular flexibility index (Phi) is 4.71. The van der Waals surface area contributed by atoms with Crippen molar-refractivity contribution in [1.82, 2.24) is 4.72 Å². The van der Waals surface area contributed by atoms with Gasteiger partial charge in [-0.05, 0) is 37.7 Å². The molecular weight excluding hydrogens is 276 g/mol. The molecule has 0 aliphatic carbocycles. The first kappa shape index (κ1) is 14.9. The molecule has 0 radical (unpaired) electrons. The van der Waals surface area contributed by atoms with Gasteiger partial charge in [-0.15, -0.1) is 0 Å². The molecule has 102 valence electrons. The average Bonchev–Trinajstić information content (AvgIpc) is 2.29. The third-order valence-corrected chi connectivity index (χ3v) is 5.10. The molecule has 0 heterocycles. The number of hydrogen-bond acceptors (Lipinski definition) is 4. The first-order valence-electron chi connectivity index (χ1n) is 5.35. The molecule has 0 amide bonds. The third kappa shape index (κ3) is 3.97. The predicted octanol–water partition coefficient (Wildman–Crippen LogP) is 0.746. The first-order valence-corrected chi connectivity index (χ1v) is 8.48. The maximum absolute atomic E-state index is 11.5. The summed E-state index contributed by atoms with van der Waals surface area (Å²) >= 11 is 0. The number of rotatable bonds is 6. The number of hydrogen-bond donors (Lipinski definition) is 2. The Morgan fingerprint density at radius 3 is 2.06 bits per heavy atom. The van der Waals surface area contributed by atoms with Crippen molar-refractivity contribution in [3.63, 3.8) is 0 Å². The van der Waals surface area contributed by atoms with Crippen LogP contribution < -0.4 is 9.44 Å². The van der Waals surface area contributed by atoms with Crippen LogP contribution in [0.2, 0.25) is 0 Å². The lowest BCUT2D eigenvalue weighted by molar-refractivity contribution is 0.588. The molecule has 0 aromatic heterocycles. The van der Waals surface area contributed by atoms with Gasteiger partial charge in [0.25, 0.3) is 0 Å². The molecule has 0 unspecified atom stereocenters. The Balaban J connectivity index is 2.91. The largest absolute Gasteiger partial charge is 0.284 e. The van der Waals surface area contributed by atoms with Crippen LogP contribution >= 0.6 is 0 Å². The molecule has 2 N–H and O–H groups in total. The van der Waals surface area contributed by atoms with E-state index in [2.05, 4.69) is 9.44 Å². The van der Waals surface area contributed by atoms with Gasteiger partial charge in [0.15, 0.2) is 0 Å². The SMILES string of the molecule is CCCS(=O)(=O)Nc1ccc(S(=O)(=O)NC)cc1. The van der Waals surface area contributed by atoms with Crippen LogP contribution in [-0.2, 0) is 20.0 Å². The second kappa shape index (κ2) is 5.68. The molecule has 8 heteroatoms. The third-order valence-electron chi connectivity index (χ3n) is 2.18. The lowest BCUT2D eigenvalue weighted by Crippen LogP contribution is -2.19. The fourth-order valence-electron chi connectivity index (χ4n) is 1.32. The highest BCUT2D eigenvalue weighted by Gasteiger charge is 2.12. The summed E-state index contributed by atoms with van der Waals surface area (Å²) in [7, 11) is -5.54. The summed E-state index contributed by atoms with van der Waals surface area (Å²) in [5, 5.41) is 0. The number of sulfonamides is 2. The highest BCUT2D eigenvalue weighted by atomic mass is 32.2. The van der Waals surface area contributed by atoms with Crippen LogP contribution in [-0.4, -0.2) is 29.6 Å². The van der Waals surface area contributed by atoms with Crippen LogP contribution in [0.1, 0.15) is 13.3 Å². The summed E-state index contributed by atoms with van der Waals surface area (Å²) in [5.74, 6) is 0.0313.